The molecule has 0 saturated heterocycles. The number of amides is 1. The van der Waals surface area contributed by atoms with Crippen LogP contribution in [0.4, 0.5) is 11.6 Å². The summed E-state index contributed by atoms with van der Waals surface area (Å²) in [5, 5.41) is 2.80. The Labute approximate surface area is 118 Å². The maximum atomic E-state index is 11.8. The van der Waals surface area contributed by atoms with Gasteiger partial charge in [0.15, 0.2) is 0 Å². The predicted molar refractivity (Wildman–Crippen MR) is 79.8 cm³/mol. The molecule has 0 unspecified atom stereocenters. The first-order valence-corrected chi connectivity index (χ1v) is 6.48. The Morgan fingerprint density at radius 3 is 2.40 bits per heavy atom. The van der Waals surface area contributed by atoms with Gasteiger partial charge in [-0.1, -0.05) is 30.3 Å². The number of benzene rings is 1. The van der Waals surface area contributed by atoms with E-state index in [4.69, 9.17) is 0 Å². The van der Waals surface area contributed by atoms with E-state index < -0.39 is 0 Å². The second kappa shape index (κ2) is 6.65. The molecule has 2 aromatic rings. The van der Waals surface area contributed by atoms with Crippen molar-refractivity contribution in [3.8, 4) is 0 Å². The maximum absolute atomic E-state index is 11.8. The second-order valence-corrected chi connectivity index (χ2v) is 4.70. The lowest BCUT2D eigenvalue weighted by molar-refractivity contribution is -0.116. The molecule has 1 amide bonds. The van der Waals surface area contributed by atoms with Crippen molar-refractivity contribution in [2.45, 2.75) is 12.8 Å². The van der Waals surface area contributed by atoms with Gasteiger partial charge in [0.25, 0.3) is 0 Å². The summed E-state index contributed by atoms with van der Waals surface area (Å²) in [6.07, 6.45) is 4.40. The highest BCUT2D eigenvalue weighted by atomic mass is 16.1. The van der Waals surface area contributed by atoms with Gasteiger partial charge in [-0.3, -0.25) is 4.79 Å². The van der Waals surface area contributed by atoms with Gasteiger partial charge in [0.1, 0.15) is 0 Å². The second-order valence-electron chi connectivity index (χ2n) is 4.70. The number of anilines is 2. The van der Waals surface area contributed by atoms with Crippen molar-refractivity contribution in [1.82, 2.24) is 9.97 Å². The van der Waals surface area contributed by atoms with Crippen LogP contribution in [0.15, 0.2) is 42.7 Å². The summed E-state index contributed by atoms with van der Waals surface area (Å²) < 4.78 is 0. The van der Waals surface area contributed by atoms with Gasteiger partial charge in [-0.15, -0.1) is 0 Å². The van der Waals surface area contributed by atoms with Gasteiger partial charge in [0, 0.05) is 20.5 Å². The number of aryl methyl sites for hydroxylation is 1. The van der Waals surface area contributed by atoms with Crippen molar-refractivity contribution in [2.75, 3.05) is 24.3 Å². The van der Waals surface area contributed by atoms with E-state index in [0.717, 1.165) is 12.0 Å². The molecule has 5 nitrogen and oxygen atoms in total. The third-order valence-electron chi connectivity index (χ3n) is 2.81. The number of carbonyl (C=O) groups is 1. The van der Waals surface area contributed by atoms with E-state index in [1.165, 1.54) is 0 Å². The number of hydrogen-bond acceptors (Lipinski definition) is 4. The van der Waals surface area contributed by atoms with Crippen molar-refractivity contribution >= 4 is 17.5 Å². The van der Waals surface area contributed by atoms with E-state index in [0.29, 0.717) is 18.1 Å². The van der Waals surface area contributed by atoms with Crippen LogP contribution in [0.3, 0.4) is 0 Å². The Hall–Kier alpha value is -2.43. The molecule has 1 aromatic carbocycles. The first-order chi connectivity index (χ1) is 9.65. The van der Waals surface area contributed by atoms with Gasteiger partial charge in [0.05, 0.1) is 18.1 Å². The van der Waals surface area contributed by atoms with Crippen molar-refractivity contribution in [2.24, 2.45) is 0 Å². The molecule has 2 rings (SSSR count). The fraction of sp³-hybridized carbons (Fsp3) is 0.267. The van der Waals surface area contributed by atoms with Gasteiger partial charge in [-0.2, -0.15) is 0 Å². The zero-order chi connectivity index (χ0) is 14.4. The summed E-state index contributed by atoms with van der Waals surface area (Å²) in [6.45, 7) is 0. The van der Waals surface area contributed by atoms with E-state index in [9.17, 15) is 4.79 Å². The van der Waals surface area contributed by atoms with Crippen LogP contribution in [0.1, 0.15) is 12.0 Å². The van der Waals surface area contributed by atoms with Gasteiger partial charge in [-0.05, 0) is 12.0 Å². The molecular formula is C15H18N4O. The maximum Gasteiger partial charge on any atom is 0.224 e. The van der Waals surface area contributed by atoms with Crippen LogP contribution in [0.25, 0.3) is 0 Å². The highest BCUT2D eigenvalue weighted by Crippen LogP contribution is 2.09. The van der Waals surface area contributed by atoms with E-state index in [2.05, 4.69) is 15.3 Å². The lowest BCUT2D eigenvalue weighted by atomic mass is 10.1. The lowest BCUT2D eigenvalue weighted by Gasteiger charge is -2.10. The van der Waals surface area contributed by atoms with Crippen molar-refractivity contribution < 1.29 is 4.79 Å². The highest BCUT2D eigenvalue weighted by molar-refractivity contribution is 5.90. The minimum Gasteiger partial charge on any atom is -0.347 e. The van der Waals surface area contributed by atoms with E-state index in [1.54, 1.807) is 17.3 Å². The number of nitrogens with zero attached hydrogens (tertiary/aromatic N) is 3. The Morgan fingerprint density at radius 1 is 1.15 bits per heavy atom. The zero-order valence-corrected chi connectivity index (χ0v) is 11.7. The van der Waals surface area contributed by atoms with Gasteiger partial charge in [0.2, 0.25) is 11.9 Å². The molecule has 20 heavy (non-hydrogen) atoms. The predicted octanol–water partition coefficient (Wildman–Crippen LogP) is 2.11. The average molecular weight is 270 g/mol. The van der Waals surface area contributed by atoms with Crippen LogP contribution in [0.2, 0.25) is 0 Å². The Bertz CT molecular complexity index is 552. The Balaban J connectivity index is 1.85. The normalized spacial score (nSPS) is 10.1. The monoisotopic (exact) mass is 270 g/mol. The molecule has 0 bridgehead atoms. The third kappa shape index (κ3) is 4.05. The molecule has 0 aliphatic carbocycles. The van der Waals surface area contributed by atoms with Crippen LogP contribution in [-0.4, -0.2) is 30.0 Å². The van der Waals surface area contributed by atoms with Crippen LogP contribution in [-0.2, 0) is 11.2 Å². The van der Waals surface area contributed by atoms with Crippen molar-refractivity contribution in [3.05, 3.63) is 48.3 Å². The topological polar surface area (TPSA) is 58.1 Å². The minimum absolute atomic E-state index is 0.0324. The lowest BCUT2D eigenvalue weighted by Crippen LogP contribution is -2.15. The molecule has 5 heteroatoms. The van der Waals surface area contributed by atoms with Crippen LogP contribution < -0.4 is 10.2 Å². The third-order valence-corrected chi connectivity index (χ3v) is 2.81. The van der Waals surface area contributed by atoms with Crippen LogP contribution in [0.5, 0.6) is 0 Å². The molecule has 104 valence electrons. The summed E-state index contributed by atoms with van der Waals surface area (Å²) in [4.78, 5) is 21.9. The van der Waals surface area contributed by atoms with E-state index in [-0.39, 0.29) is 5.91 Å². The smallest absolute Gasteiger partial charge is 0.224 e. The molecule has 0 fully saturated rings. The largest absolute Gasteiger partial charge is 0.347 e. The first-order valence-electron chi connectivity index (χ1n) is 6.48. The molecule has 0 aliphatic rings. The number of carbonyl (C=O) groups excluding carboxylic acids is 1. The number of hydrogen-bond donors (Lipinski definition) is 1. The number of nitrogens with one attached hydrogen (secondary N) is 1. The Morgan fingerprint density at radius 2 is 1.80 bits per heavy atom. The summed E-state index contributed by atoms with van der Waals surface area (Å²) in [5.74, 6) is 0.586. The SMILES string of the molecule is CN(C)c1ncc(NC(=O)CCc2ccccc2)cn1. The summed E-state index contributed by atoms with van der Waals surface area (Å²) in [7, 11) is 3.74. The summed E-state index contributed by atoms with van der Waals surface area (Å²) >= 11 is 0. The number of aromatic nitrogens is 2. The Kier molecular flexibility index (Phi) is 4.65. The molecule has 0 radical (unpaired) electrons. The average Bonchev–Trinajstić information content (AvgIpc) is 2.47. The van der Waals surface area contributed by atoms with Gasteiger partial charge < -0.3 is 10.2 Å². The number of rotatable bonds is 5. The molecular weight excluding hydrogens is 252 g/mol. The quantitative estimate of drug-likeness (QED) is 0.904. The first kappa shape index (κ1) is 14.0. The highest BCUT2D eigenvalue weighted by Gasteiger charge is 2.05. The fourth-order valence-corrected chi connectivity index (χ4v) is 1.74. The zero-order valence-electron chi connectivity index (χ0n) is 11.7. The van der Waals surface area contributed by atoms with Gasteiger partial charge >= 0.3 is 0 Å². The van der Waals surface area contributed by atoms with Crippen LogP contribution in [0, 0.1) is 0 Å². The standard InChI is InChI=1S/C15H18N4O/c1-19(2)15-16-10-13(11-17-15)18-14(20)9-8-12-6-4-3-5-7-12/h3-7,10-11H,8-9H2,1-2H3,(H,18,20). The van der Waals surface area contributed by atoms with Crippen molar-refractivity contribution in [1.29, 1.82) is 0 Å². The summed E-state index contributed by atoms with van der Waals surface area (Å²) in [5.41, 5.74) is 1.77. The summed E-state index contributed by atoms with van der Waals surface area (Å²) in [6, 6.07) is 9.94. The molecule has 1 N–H and O–H groups in total. The van der Waals surface area contributed by atoms with E-state index in [1.807, 2.05) is 44.4 Å². The van der Waals surface area contributed by atoms with E-state index >= 15 is 0 Å². The minimum atomic E-state index is -0.0324. The fourth-order valence-electron chi connectivity index (χ4n) is 1.74. The van der Waals surface area contributed by atoms with Crippen molar-refractivity contribution in [3.63, 3.8) is 0 Å². The molecule has 0 aliphatic heterocycles. The molecule has 0 spiro atoms. The molecule has 1 heterocycles. The molecule has 0 saturated carbocycles. The van der Waals surface area contributed by atoms with Crippen LogP contribution >= 0.6 is 0 Å². The van der Waals surface area contributed by atoms with Gasteiger partial charge in [-0.25, -0.2) is 9.97 Å². The molecule has 1 aromatic heterocycles. The molecule has 0 atom stereocenters.